The maximum Gasteiger partial charge on any atom is 0.326 e. The number of hydrogen-bond donors (Lipinski definition) is 1. The minimum atomic E-state index is -0.0491. The van der Waals surface area contributed by atoms with Crippen molar-refractivity contribution < 1.29 is 0 Å². The van der Waals surface area contributed by atoms with Gasteiger partial charge in [0.2, 0.25) is 0 Å². The van der Waals surface area contributed by atoms with Crippen LogP contribution in [0.25, 0.3) is 11.0 Å². The summed E-state index contributed by atoms with van der Waals surface area (Å²) in [6.45, 7) is 0. The van der Waals surface area contributed by atoms with Gasteiger partial charge in [0.1, 0.15) is 0 Å². The van der Waals surface area contributed by atoms with Crippen LogP contribution in [0.2, 0.25) is 0 Å². The molecule has 1 aromatic carbocycles. The van der Waals surface area contributed by atoms with Gasteiger partial charge in [-0.05, 0) is 31.0 Å². The van der Waals surface area contributed by atoms with Gasteiger partial charge in [-0.15, -0.1) is 0 Å². The third-order valence-corrected chi connectivity index (χ3v) is 3.79. The molecule has 1 aliphatic carbocycles. The molecule has 0 spiro atoms. The molecule has 3 rings (SSSR count). The molecule has 2 aromatic rings. The molecular weight excluding hydrogens is 226 g/mol. The average Bonchev–Trinajstić information content (AvgIpc) is 2.74. The number of H-pyrrole nitrogens is 1. The first-order chi connectivity index (χ1) is 8.79. The van der Waals surface area contributed by atoms with Crippen molar-refractivity contribution in [1.82, 2.24) is 9.55 Å². The van der Waals surface area contributed by atoms with Gasteiger partial charge in [-0.2, -0.15) is 5.26 Å². The van der Waals surface area contributed by atoms with Crippen molar-refractivity contribution in [1.29, 1.82) is 5.26 Å². The van der Waals surface area contributed by atoms with Crippen LogP contribution in [0.15, 0.2) is 23.0 Å². The predicted molar refractivity (Wildman–Crippen MR) is 69.4 cm³/mol. The van der Waals surface area contributed by atoms with Gasteiger partial charge >= 0.3 is 5.69 Å². The van der Waals surface area contributed by atoms with Crippen LogP contribution in [-0.4, -0.2) is 9.55 Å². The highest BCUT2D eigenvalue weighted by Gasteiger charge is 2.19. The molecule has 1 heterocycles. The second kappa shape index (κ2) is 4.34. The Bertz CT molecular complexity index is 668. The first-order valence-electron chi connectivity index (χ1n) is 6.44. The normalized spacial score (nSPS) is 16.8. The smallest absolute Gasteiger partial charge is 0.305 e. The van der Waals surface area contributed by atoms with Gasteiger partial charge in [0.15, 0.2) is 0 Å². The lowest BCUT2D eigenvalue weighted by molar-refractivity contribution is 0.353. The molecule has 1 aromatic heterocycles. The van der Waals surface area contributed by atoms with E-state index >= 15 is 0 Å². The van der Waals surface area contributed by atoms with Gasteiger partial charge in [0.05, 0.1) is 22.7 Å². The zero-order valence-corrected chi connectivity index (χ0v) is 10.1. The Hall–Kier alpha value is -2.02. The third-order valence-electron chi connectivity index (χ3n) is 3.79. The van der Waals surface area contributed by atoms with E-state index < -0.39 is 0 Å². The summed E-state index contributed by atoms with van der Waals surface area (Å²) in [5.74, 6) is 0. The lowest BCUT2D eigenvalue weighted by atomic mass is 9.95. The zero-order chi connectivity index (χ0) is 12.5. The summed E-state index contributed by atoms with van der Waals surface area (Å²) >= 11 is 0. The molecule has 4 nitrogen and oxygen atoms in total. The second-order valence-electron chi connectivity index (χ2n) is 4.94. The number of nitrogens with one attached hydrogen (secondary N) is 1. The predicted octanol–water partition coefficient (Wildman–Crippen LogP) is 2.71. The van der Waals surface area contributed by atoms with Crippen LogP contribution in [-0.2, 0) is 0 Å². The molecule has 0 amide bonds. The van der Waals surface area contributed by atoms with Gasteiger partial charge in [-0.3, -0.25) is 4.57 Å². The largest absolute Gasteiger partial charge is 0.326 e. The highest BCUT2D eigenvalue weighted by Crippen LogP contribution is 2.29. The van der Waals surface area contributed by atoms with Crippen molar-refractivity contribution in [3.8, 4) is 6.07 Å². The molecule has 0 atom stereocenters. The molecule has 0 aliphatic heterocycles. The van der Waals surface area contributed by atoms with Gasteiger partial charge in [0, 0.05) is 6.04 Å². The second-order valence-corrected chi connectivity index (χ2v) is 4.94. The minimum Gasteiger partial charge on any atom is -0.305 e. The average molecular weight is 241 g/mol. The molecule has 4 heteroatoms. The molecule has 0 bridgehead atoms. The highest BCUT2D eigenvalue weighted by molar-refractivity contribution is 5.77. The van der Waals surface area contributed by atoms with Gasteiger partial charge in [-0.25, -0.2) is 4.79 Å². The summed E-state index contributed by atoms with van der Waals surface area (Å²) in [4.78, 5) is 14.9. The van der Waals surface area contributed by atoms with Gasteiger partial charge in [0.25, 0.3) is 0 Å². The molecule has 0 unspecified atom stereocenters. The molecule has 1 aliphatic rings. The summed E-state index contributed by atoms with van der Waals surface area (Å²) in [5, 5.41) is 8.87. The van der Waals surface area contributed by atoms with E-state index in [-0.39, 0.29) is 5.69 Å². The Kier molecular flexibility index (Phi) is 2.67. The van der Waals surface area contributed by atoms with Crippen molar-refractivity contribution >= 4 is 11.0 Å². The van der Waals surface area contributed by atoms with Crippen molar-refractivity contribution in [2.24, 2.45) is 0 Å². The Balaban J connectivity index is 2.14. The number of aromatic amines is 1. The first-order valence-corrected chi connectivity index (χ1v) is 6.44. The molecular formula is C14H15N3O. The summed E-state index contributed by atoms with van der Waals surface area (Å²) in [5.41, 5.74) is 2.22. The molecule has 18 heavy (non-hydrogen) atoms. The molecule has 1 saturated carbocycles. The maximum atomic E-state index is 12.1. The first kappa shape index (κ1) is 11.1. The van der Waals surface area contributed by atoms with E-state index in [4.69, 9.17) is 5.26 Å². The molecule has 1 fully saturated rings. The SMILES string of the molecule is N#Cc1ccc2c(c1)[nH]c(=O)n2C1CCCCC1. The fraction of sp³-hybridized carbons (Fsp3) is 0.429. The number of nitrogens with zero attached hydrogens (tertiary/aromatic N) is 2. The Morgan fingerprint density at radius 3 is 2.78 bits per heavy atom. The van der Waals surface area contributed by atoms with Crippen LogP contribution < -0.4 is 5.69 Å². The van der Waals surface area contributed by atoms with Crippen LogP contribution in [0.4, 0.5) is 0 Å². The summed E-state index contributed by atoms with van der Waals surface area (Å²) in [6, 6.07) is 7.80. The van der Waals surface area contributed by atoms with Crippen molar-refractivity contribution in [2.45, 2.75) is 38.1 Å². The van der Waals surface area contributed by atoms with Crippen LogP contribution in [0.1, 0.15) is 43.7 Å². The van der Waals surface area contributed by atoms with Gasteiger partial charge in [-0.1, -0.05) is 19.3 Å². The molecule has 92 valence electrons. The number of rotatable bonds is 1. The van der Waals surface area contributed by atoms with E-state index in [0.717, 1.165) is 23.9 Å². The van der Waals surface area contributed by atoms with E-state index in [1.807, 2.05) is 10.6 Å². The number of imidazole rings is 1. The summed E-state index contributed by atoms with van der Waals surface area (Å²) in [6.07, 6.45) is 5.81. The van der Waals surface area contributed by atoms with Crippen LogP contribution in [0.5, 0.6) is 0 Å². The quantitative estimate of drug-likeness (QED) is 0.834. The summed E-state index contributed by atoms with van der Waals surface area (Å²) < 4.78 is 1.87. The highest BCUT2D eigenvalue weighted by atomic mass is 16.1. The standard InChI is InChI=1S/C14H15N3O/c15-9-10-6-7-13-12(8-10)16-14(18)17(13)11-4-2-1-3-5-11/h6-8,11H,1-5H2,(H,16,18). The zero-order valence-electron chi connectivity index (χ0n) is 10.1. The molecule has 0 radical (unpaired) electrons. The third kappa shape index (κ3) is 1.72. The Labute approximate surface area is 105 Å². The van der Waals surface area contributed by atoms with Crippen LogP contribution in [0, 0.1) is 11.3 Å². The Morgan fingerprint density at radius 2 is 2.06 bits per heavy atom. The van der Waals surface area contributed by atoms with E-state index in [9.17, 15) is 4.79 Å². The number of fused-ring (bicyclic) bond motifs is 1. The fourth-order valence-corrected chi connectivity index (χ4v) is 2.90. The van der Waals surface area contributed by atoms with E-state index in [1.54, 1.807) is 12.1 Å². The number of benzene rings is 1. The molecule has 1 N–H and O–H groups in total. The lowest BCUT2D eigenvalue weighted by Crippen LogP contribution is -2.23. The van der Waals surface area contributed by atoms with Crippen LogP contribution in [0.3, 0.4) is 0 Å². The monoisotopic (exact) mass is 241 g/mol. The van der Waals surface area contributed by atoms with Crippen LogP contribution >= 0.6 is 0 Å². The van der Waals surface area contributed by atoms with Crippen molar-refractivity contribution in [3.63, 3.8) is 0 Å². The van der Waals surface area contributed by atoms with E-state index in [1.165, 1.54) is 19.3 Å². The molecule has 0 saturated heterocycles. The fourth-order valence-electron chi connectivity index (χ4n) is 2.90. The summed E-state index contributed by atoms with van der Waals surface area (Å²) in [7, 11) is 0. The lowest BCUT2D eigenvalue weighted by Gasteiger charge is -2.22. The number of hydrogen-bond acceptors (Lipinski definition) is 2. The number of aromatic nitrogens is 2. The van der Waals surface area contributed by atoms with Crippen molar-refractivity contribution in [2.75, 3.05) is 0 Å². The van der Waals surface area contributed by atoms with E-state index in [0.29, 0.717) is 11.6 Å². The minimum absolute atomic E-state index is 0.0491. The maximum absolute atomic E-state index is 12.1. The number of nitriles is 1. The van der Waals surface area contributed by atoms with Crippen molar-refractivity contribution in [3.05, 3.63) is 34.2 Å². The topological polar surface area (TPSA) is 61.6 Å². The van der Waals surface area contributed by atoms with Gasteiger partial charge < -0.3 is 4.98 Å². The van der Waals surface area contributed by atoms with E-state index in [2.05, 4.69) is 11.1 Å². The Morgan fingerprint density at radius 1 is 1.28 bits per heavy atom.